The van der Waals surface area contributed by atoms with Crippen molar-refractivity contribution in [2.75, 3.05) is 0 Å². The molecular formula is C6H6BN4O2. The van der Waals surface area contributed by atoms with E-state index >= 15 is 0 Å². The summed E-state index contributed by atoms with van der Waals surface area (Å²) >= 11 is 0. The van der Waals surface area contributed by atoms with Gasteiger partial charge in [0.2, 0.25) is 0 Å². The SMILES string of the molecule is [B](Oc1ncc[nH]1)Oc1ncc[nH]1. The van der Waals surface area contributed by atoms with Gasteiger partial charge in [-0.1, -0.05) is 0 Å². The highest BCUT2D eigenvalue weighted by atomic mass is 16.6. The third-order valence-electron chi connectivity index (χ3n) is 1.27. The fraction of sp³-hybridized carbons (Fsp3) is 0. The van der Waals surface area contributed by atoms with Crippen LogP contribution in [0.25, 0.3) is 0 Å². The van der Waals surface area contributed by atoms with Gasteiger partial charge in [0.05, 0.1) is 0 Å². The molecule has 0 aliphatic carbocycles. The number of imidazole rings is 2. The molecule has 2 rings (SSSR count). The first-order valence-corrected chi connectivity index (χ1v) is 3.59. The van der Waals surface area contributed by atoms with Crippen molar-refractivity contribution >= 4 is 7.69 Å². The zero-order valence-corrected chi connectivity index (χ0v) is 6.60. The average Bonchev–Trinajstić information content (AvgIpc) is 2.75. The van der Waals surface area contributed by atoms with E-state index in [1.807, 2.05) is 0 Å². The van der Waals surface area contributed by atoms with Crippen molar-refractivity contribution in [3.8, 4) is 12.0 Å². The maximum absolute atomic E-state index is 4.95. The summed E-state index contributed by atoms with van der Waals surface area (Å²) in [6.45, 7) is 0. The number of nitrogens with zero attached hydrogens (tertiary/aromatic N) is 2. The van der Waals surface area contributed by atoms with Gasteiger partial charge in [0.1, 0.15) is 0 Å². The van der Waals surface area contributed by atoms with Crippen LogP contribution in [0.15, 0.2) is 24.8 Å². The van der Waals surface area contributed by atoms with Crippen molar-refractivity contribution in [3.05, 3.63) is 24.8 Å². The Kier molecular flexibility index (Phi) is 2.17. The molecule has 2 N–H and O–H groups in total. The van der Waals surface area contributed by atoms with Gasteiger partial charge in [0.15, 0.2) is 0 Å². The van der Waals surface area contributed by atoms with Crippen molar-refractivity contribution in [2.24, 2.45) is 0 Å². The third kappa shape index (κ3) is 2.02. The fourth-order valence-corrected chi connectivity index (χ4v) is 0.746. The van der Waals surface area contributed by atoms with Crippen molar-refractivity contribution in [1.29, 1.82) is 0 Å². The Hall–Kier alpha value is -1.92. The van der Waals surface area contributed by atoms with Crippen molar-refractivity contribution < 1.29 is 9.31 Å². The molecule has 0 saturated heterocycles. The number of H-pyrrole nitrogens is 2. The van der Waals surface area contributed by atoms with E-state index in [0.717, 1.165) is 7.69 Å². The average molecular weight is 177 g/mol. The maximum Gasteiger partial charge on any atom is 0.662 e. The second kappa shape index (κ2) is 3.66. The molecule has 13 heavy (non-hydrogen) atoms. The van der Waals surface area contributed by atoms with Crippen LogP contribution < -0.4 is 9.31 Å². The summed E-state index contributed by atoms with van der Waals surface area (Å²) in [7, 11) is 1.14. The van der Waals surface area contributed by atoms with E-state index in [0.29, 0.717) is 12.0 Å². The van der Waals surface area contributed by atoms with E-state index in [4.69, 9.17) is 9.31 Å². The van der Waals surface area contributed by atoms with Crippen LogP contribution in [-0.2, 0) is 0 Å². The van der Waals surface area contributed by atoms with Crippen molar-refractivity contribution in [3.63, 3.8) is 0 Å². The fourth-order valence-electron chi connectivity index (χ4n) is 0.746. The minimum Gasteiger partial charge on any atom is -0.499 e. The first kappa shape index (κ1) is 7.72. The van der Waals surface area contributed by atoms with Crippen molar-refractivity contribution in [1.82, 2.24) is 19.9 Å². The lowest BCUT2D eigenvalue weighted by molar-refractivity contribution is 0.423. The normalized spacial score (nSPS) is 9.54. The largest absolute Gasteiger partial charge is 0.662 e. The summed E-state index contributed by atoms with van der Waals surface area (Å²) in [4.78, 5) is 13.1. The molecule has 2 heterocycles. The molecule has 0 aliphatic heterocycles. The molecule has 0 bridgehead atoms. The lowest BCUT2D eigenvalue weighted by Gasteiger charge is -1.98. The second-order valence-corrected chi connectivity index (χ2v) is 2.12. The molecular weight excluding hydrogens is 171 g/mol. The van der Waals surface area contributed by atoms with Crippen LogP contribution in [0.2, 0.25) is 0 Å². The Morgan fingerprint density at radius 3 is 1.92 bits per heavy atom. The molecule has 1 radical (unpaired) electrons. The number of rotatable bonds is 4. The highest BCUT2D eigenvalue weighted by molar-refractivity contribution is 6.20. The quantitative estimate of drug-likeness (QED) is 0.650. The minimum atomic E-state index is 0.367. The van der Waals surface area contributed by atoms with Crippen LogP contribution in [0.4, 0.5) is 0 Å². The van der Waals surface area contributed by atoms with Crippen LogP contribution >= 0.6 is 0 Å². The van der Waals surface area contributed by atoms with Crippen LogP contribution in [0.3, 0.4) is 0 Å². The molecule has 0 fully saturated rings. The summed E-state index contributed by atoms with van der Waals surface area (Å²) in [6.07, 6.45) is 6.46. The topological polar surface area (TPSA) is 75.8 Å². The standard InChI is InChI=1S/C6H6BN4O2/c1-2-9-5(8-1)12-7-13-6-10-3-4-11-6/h1-4H,(H,8,9)(H,10,11). The number of aromatic nitrogens is 4. The van der Waals surface area contributed by atoms with E-state index in [-0.39, 0.29) is 0 Å². The number of hydrogen-bond donors (Lipinski definition) is 2. The van der Waals surface area contributed by atoms with Crippen LogP contribution in [-0.4, -0.2) is 27.6 Å². The summed E-state index contributed by atoms with van der Waals surface area (Å²) in [5.74, 6) is 0. The molecule has 0 atom stereocenters. The zero-order valence-electron chi connectivity index (χ0n) is 6.60. The Bertz CT molecular complexity index is 299. The molecule has 2 aromatic heterocycles. The van der Waals surface area contributed by atoms with Gasteiger partial charge in [0.25, 0.3) is 12.0 Å². The first-order chi connectivity index (χ1) is 6.45. The second-order valence-electron chi connectivity index (χ2n) is 2.12. The van der Waals surface area contributed by atoms with Gasteiger partial charge >= 0.3 is 7.69 Å². The molecule has 0 spiro atoms. The predicted octanol–water partition coefficient (Wildman–Crippen LogP) is 0.125. The third-order valence-corrected chi connectivity index (χ3v) is 1.27. The number of hydrogen-bond acceptors (Lipinski definition) is 4. The highest BCUT2D eigenvalue weighted by Gasteiger charge is 2.03. The van der Waals surface area contributed by atoms with E-state index in [1.54, 1.807) is 24.8 Å². The molecule has 0 amide bonds. The van der Waals surface area contributed by atoms with Crippen LogP contribution in [0.5, 0.6) is 12.0 Å². The summed E-state index contributed by atoms with van der Waals surface area (Å²) < 4.78 is 9.89. The van der Waals surface area contributed by atoms with Gasteiger partial charge in [-0.3, -0.25) is 0 Å². The van der Waals surface area contributed by atoms with Gasteiger partial charge in [-0.15, -0.1) is 0 Å². The molecule has 7 heteroatoms. The number of nitrogens with one attached hydrogen (secondary N) is 2. The van der Waals surface area contributed by atoms with E-state index in [1.165, 1.54) is 0 Å². The first-order valence-electron chi connectivity index (χ1n) is 3.59. The monoisotopic (exact) mass is 177 g/mol. The lowest BCUT2D eigenvalue weighted by atomic mass is 10.4. The Balaban J connectivity index is 1.76. The molecule has 0 unspecified atom stereocenters. The smallest absolute Gasteiger partial charge is 0.499 e. The summed E-state index contributed by atoms with van der Waals surface area (Å²) in [6, 6.07) is 0.734. The molecule has 0 aromatic carbocycles. The Labute approximate surface area is 74.6 Å². The van der Waals surface area contributed by atoms with Crippen LogP contribution in [0, 0.1) is 0 Å². The van der Waals surface area contributed by atoms with E-state index in [9.17, 15) is 0 Å². The Morgan fingerprint density at radius 2 is 1.54 bits per heavy atom. The maximum atomic E-state index is 4.95. The van der Waals surface area contributed by atoms with E-state index in [2.05, 4.69) is 19.9 Å². The van der Waals surface area contributed by atoms with Crippen LogP contribution in [0.1, 0.15) is 0 Å². The molecule has 65 valence electrons. The van der Waals surface area contributed by atoms with E-state index < -0.39 is 0 Å². The van der Waals surface area contributed by atoms with Gasteiger partial charge in [-0.05, 0) is 0 Å². The summed E-state index contributed by atoms with van der Waals surface area (Å²) in [5, 5.41) is 0. The Morgan fingerprint density at radius 1 is 1.00 bits per heavy atom. The zero-order chi connectivity index (χ0) is 8.93. The number of aromatic amines is 2. The van der Waals surface area contributed by atoms with Gasteiger partial charge in [-0.25, -0.2) is 9.97 Å². The molecule has 2 aromatic rings. The molecule has 0 saturated carbocycles. The van der Waals surface area contributed by atoms with Crippen molar-refractivity contribution in [2.45, 2.75) is 0 Å². The lowest BCUT2D eigenvalue weighted by Crippen LogP contribution is -2.12. The summed E-state index contributed by atoms with van der Waals surface area (Å²) in [5.41, 5.74) is 0. The predicted molar refractivity (Wildman–Crippen MR) is 44.2 cm³/mol. The van der Waals surface area contributed by atoms with Gasteiger partial charge < -0.3 is 19.3 Å². The molecule has 0 aliphatic rings. The highest BCUT2D eigenvalue weighted by Crippen LogP contribution is 2.00. The van der Waals surface area contributed by atoms with Gasteiger partial charge in [-0.2, -0.15) is 0 Å². The molecule has 6 nitrogen and oxygen atoms in total. The van der Waals surface area contributed by atoms with Gasteiger partial charge in [0, 0.05) is 24.8 Å². The minimum absolute atomic E-state index is 0.367.